The molecule has 0 bridgehead atoms. The van der Waals surface area contributed by atoms with E-state index in [1.165, 1.54) is 6.92 Å². The van der Waals surface area contributed by atoms with E-state index in [1.807, 2.05) is 42.5 Å². The Morgan fingerprint density at radius 3 is 2.44 bits per heavy atom. The van der Waals surface area contributed by atoms with Gasteiger partial charge in [0.15, 0.2) is 6.10 Å². The van der Waals surface area contributed by atoms with E-state index in [9.17, 15) is 9.59 Å². The minimum atomic E-state index is -1.06. The summed E-state index contributed by atoms with van der Waals surface area (Å²) < 4.78 is 10.9. The van der Waals surface area contributed by atoms with Crippen LogP contribution in [-0.2, 0) is 14.3 Å². The third kappa shape index (κ3) is 5.61. The molecule has 1 amide bonds. The van der Waals surface area contributed by atoms with Gasteiger partial charge in [-0.15, -0.1) is 0 Å². The minimum absolute atomic E-state index is 0.293. The molecule has 0 saturated carbocycles. The van der Waals surface area contributed by atoms with Crippen LogP contribution in [0.15, 0.2) is 78.9 Å². The molecular weight excluding hydrogens is 404 g/mol. The Kier molecular flexibility index (Phi) is 7.39. The zero-order valence-electron chi connectivity index (χ0n) is 17.7. The average Bonchev–Trinajstić information content (AvgIpc) is 2.83. The van der Waals surface area contributed by atoms with E-state index in [0.717, 1.165) is 0 Å². The Morgan fingerprint density at radius 1 is 1.00 bits per heavy atom. The van der Waals surface area contributed by atoms with Gasteiger partial charge in [-0.3, -0.25) is 4.79 Å². The first-order chi connectivity index (χ1) is 15.5. The van der Waals surface area contributed by atoms with E-state index in [-0.39, 0.29) is 0 Å². The van der Waals surface area contributed by atoms with E-state index >= 15 is 0 Å². The van der Waals surface area contributed by atoms with E-state index in [1.54, 1.807) is 55.7 Å². The molecule has 0 aromatic heterocycles. The Bertz CT molecular complexity index is 1180. The number of hydrogen-bond donors (Lipinski definition) is 1. The second-order valence-corrected chi connectivity index (χ2v) is 6.90. The molecule has 1 unspecified atom stereocenters. The molecule has 3 aromatic carbocycles. The highest BCUT2D eigenvalue weighted by Crippen LogP contribution is 2.26. The van der Waals surface area contributed by atoms with Gasteiger partial charge >= 0.3 is 5.97 Å². The zero-order valence-corrected chi connectivity index (χ0v) is 17.7. The van der Waals surface area contributed by atoms with Crippen LogP contribution in [-0.4, -0.2) is 25.1 Å². The van der Waals surface area contributed by atoms with Gasteiger partial charge in [0, 0.05) is 11.3 Å². The highest BCUT2D eigenvalue weighted by molar-refractivity contribution is 6.22. The number of ether oxygens (including phenoxy) is 2. The van der Waals surface area contributed by atoms with E-state index in [4.69, 9.17) is 14.7 Å². The van der Waals surface area contributed by atoms with Crippen molar-refractivity contribution in [1.29, 1.82) is 5.26 Å². The predicted octanol–water partition coefficient (Wildman–Crippen LogP) is 4.68. The van der Waals surface area contributed by atoms with Crippen LogP contribution >= 0.6 is 0 Å². The van der Waals surface area contributed by atoms with Gasteiger partial charge in [-0.2, -0.15) is 5.26 Å². The van der Waals surface area contributed by atoms with Crippen molar-refractivity contribution in [2.24, 2.45) is 0 Å². The average molecular weight is 426 g/mol. The number of hydrogen-bond acceptors (Lipinski definition) is 5. The SMILES string of the molecule is COc1ccccc1/C=C(/C(=O)OC(C)C(=O)Nc1cccc(C#N)c1)c1ccccc1. The summed E-state index contributed by atoms with van der Waals surface area (Å²) in [7, 11) is 1.56. The molecule has 160 valence electrons. The molecule has 0 heterocycles. The monoisotopic (exact) mass is 426 g/mol. The first-order valence-corrected chi connectivity index (χ1v) is 9.94. The third-order valence-corrected chi connectivity index (χ3v) is 4.66. The molecule has 3 aromatic rings. The number of anilines is 1. The molecule has 0 radical (unpaired) electrons. The van der Waals surface area contributed by atoms with Crippen molar-refractivity contribution < 1.29 is 19.1 Å². The quantitative estimate of drug-likeness (QED) is 0.337. The molecule has 0 aliphatic heterocycles. The highest BCUT2D eigenvalue weighted by atomic mass is 16.5. The van der Waals surface area contributed by atoms with Crippen molar-refractivity contribution in [2.45, 2.75) is 13.0 Å². The summed E-state index contributed by atoms with van der Waals surface area (Å²) in [6.07, 6.45) is 0.621. The highest BCUT2D eigenvalue weighted by Gasteiger charge is 2.22. The number of carbonyl (C=O) groups excluding carboxylic acids is 2. The molecule has 0 aliphatic carbocycles. The summed E-state index contributed by atoms with van der Waals surface area (Å²) in [5, 5.41) is 11.7. The van der Waals surface area contributed by atoms with Gasteiger partial charge in [0.2, 0.25) is 0 Å². The number of para-hydroxylation sites is 1. The maximum atomic E-state index is 13.1. The van der Waals surface area contributed by atoms with Crippen molar-refractivity contribution >= 4 is 29.2 Å². The maximum absolute atomic E-state index is 13.1. The zero-order chi connectivity index (χ0) is 22.9. The topological polar surface area (TPSA) is 88.4 Å². The van der Waals surface area contributed by atoms with Crippen LogP contribution in [0.3, 0.4) is 0 Å². The predicted molar refractivity (Wildman–Crippen MR) is 123 cm³/mol. The summed E-state index contributed by atoms with van der Waals surface area (Å²) >= 11 is 0. The lowest BCUT2D eigenvalue weighted by molar-refractivity contribution is -0.147. The number of carbonyl (C=O) groups is 2. The van der Waals surface area contributed by atoms with E-state index in [2.05, 4.69) is 5.32 Å². The Hall–Kier alpha value is -4.37. The Morgan fingerprint density at radius 2 is 1.72 bits per heavy atom. The second-order valence-electron chi connectivity index (χ2n) is 6.90. The Balaban J connectivity index is 1.83. The van der Waals surface area contributed by atoms with Crippen molar-refractivity contribution in [1.82, 2.24) is 0 Å². The van der Waals surface area contributed by atoms with E-state index in [0.29, 0.717) is 33.7 Å². The fraction of sp³-hybridized carbons (Fsp3) is 0.115. The number of nitrogens with zero attached hydrogens (tertiary/aromatic N) is 1. The lowest BCUT2D eigenvalue weighted by Crippen LogP contribution is -2.30. The molecule has 0 fully saturated rings. The molecular formula is C26H22N2O4. The summed E-state index contributed by atoms with van der Waals surface area (Å²) in [5.41, 5.74) is 2.51. The van der Waals surface area contributed by atoms with Crippen molar-refractivity contribution in [2.75, 3.05) is 12.4 Å². The molecule has 0 spiro atoms. The van der Waals surface area contributed by atoms with Crippen LogP contribution in [0.2, 0.25) is 0 Å². The molecule has 3 rings (SSSR count). The molecule has 1 N–H and O–H groups in total. The fourth-order valence-electron chi connectivity index (χ4n) is 3.01. The van der Waals surface area contributed by atoms with Gasteiger partial charge in [0.25, 0.3) is 5.91 Å². The lowest BCUT2D eigenvalue weighted by atomic mass is 10.0. The van der Waals surface area contributed by atoms with Gasteiger partial charge in [0.05, 0.1) is 24.3 Å². The summed E-state index contributed by atoms with van der Waals surface area (Å²) in [6, 6.07) is 24.9. The van der Waals surface area contributed by atoms with Gasteiger partial charge in [-0.05, 0) is 42.8 Å². The number of nitrogens with one attached hydrogen (secondary N) is 1. The number of nitriles is 1. The first kappa shape index (κ1) is 22.3. The molecule has 0 aliphatic rings. The van der Waals surface area contributed by atoms with Gasteiger partial charge in [0.1, 0.15) is 5.75 Å². The van der Waals surface area contributed by atoms with Crippen LogP contribution in [0, 0.1) is 11.3 Å². The van der Waals surface area contributed by atoms with Gasteiger partial charge in [-0.1, -0.05) is 54.6 Å². The van der Waals surface area contributed by atoms with Crippen LogP contribution in [0.25, 0.3) is 11.6 Å². The number of amides is 1. The summed E-state index contributed by atoms with van der Waals surface area (Å²) in [5.74, 6) is -0.537. The fourth-order valence-corrected chi connectivity index (χ4v) is 3.01. The number of methoxy groups -OCH3 is 1. The standard InChI is InChI=1S/C26H22N2O4/c1-18(25(29)28-22-13-8-9-19(15-22)17-27)32-26(30)23(20-10-4-3-5-11-20)16-21-12-6-7-14-24(21)31-2/h3-16,18H,1-2H3,(H,28,29)/b23-16+. The van der Waals surface area contributed by atoms with Crippen LogP contribution in [0.5, 0.6) is 5.75 Å². The van der Waals surface area contributed by atoms with Crippen LogP contribution in [0.1, 0.15) is 23.6 Å². The normalized spacial score (nSPS) is 11.7. The number of esters is 1. The van der Waals surface area contributed by atoms with Gasteiger partial charge in [-0.25, -0.2) is 4.79 Å². The Labute approximate surface area is 186 Å². The van der Waals surface area contributed by atoms with Crippen molar-refractivity contribution in [3.8, 4) is 11.8 Å². The number of rotatable bonds is 7. The molecule has 1 atom stereocenters. The van der Waals surface area contributed by atoms with Gasteiger partial charge < -0.3 is 14.8 Å². The minimum Gasteiger partial charge on any atom is -0.496 e. The summed E-state index contributed by atoms with van der Waals surface area (Å²) in [6.45, 7) is 1.49. The van der Waals surface area contributed by atoms with E-state index < -0.39 is 18.0 Å². The van der Waals surface area contributed by atoms with Crippen LogP contribution in [0.4, 0.5) is 5.69 Å². The third-order valence-electron chi connectivity index (χ3n) is 4.66. The molecule has 6 nitrogen and oxygen atoms in total. The molecule has 32 heavy (non-hydrogen) atoms. The smallest absolute Gasteiger partial charge is 0.339 e. The largest absolute Gasteiger partial charge is 0.496 e. The summed E-state index contributed by atoms with van der Waals surface area (Å²) in [4.78, 5) is 25.6. The molecule has 6 heteroatoms. The lowest BCUT2D eigenvalue weighted by Gasteiger charge is -2.16. The second kappa shape index (κ2) is 10.6. The van der Waals surface area contributed by atoms with Crippen LogP contribution < -0.4 is 10.1 Å². The first-order valence-electron chi connectivity index (χ1n) is 9.94. The van der Waals surface area contributed by atoms with Crippen molar-refractivity contribution in [3.63, 3.8) is 0 Å². The maximum Gasteiger partial charge on any atom is 0.339 e. The van der Waals surface area contributed by atoms with Crippen molar-refractivity contribution in [3.05, 3.63) is 95.6 Å². The molecule has 0 saturated heterocycles. The number of benzene rings is 3.